The number of aromatic nitrogens is 1. The van der Waals surface area contributed by atoms with Crippen LogP contribution >= 0.6 is 0 Å². The number of ether oxygens (including phenoxy) is 1. The number of pyridine rings is 1. The van der Waals surface area contributed by atoms with Gasteiger partial charge in [-0.1, -0.05) is 0 Å². The second-order valence-corrected chi connectivity index (χ2v) is 7.14. The zero-order chi connectivity index (χ0) is 17.0. The van der Waals surface area contributed by atoms with Crippen LogP contribution in [0.3, 0.4) is 0 Å². The maximum Gasteiger partial charge on any atom is 0.328 e. The molecule has 1 aliphatic heterocycles. The van der Waals surface area contributed by atoms with E-state index in [1.807, 2.05) is 0 Å². The van der Waals surface area contributed by atoms with Crippen molar-refractivity contribution in [1.82, 2.24) is 14.6 Å². The van der Waals surface area contributed by atoms with Crippen LogP contribution < -0.4 is 4.72 Å². The van der Waals surface area contributed by atoms with Crippen molar-refractivity contribution in [3.63, 3.8) is 0 Å². The highest BCUT2D eigenvalue weighted by molar-refractivity contribution is 7.88. The van der Waals surface area contributed by atoms with E-state index in [2.05, 4.69) is 9.71 Å². The third-order valence-corrected chi connectivity index (χ3v) is 4.23. The van der Waals surface area contributed by atoms with Crippen LogP contribution in [0.4, 0.5) is 0 Å². The average Bonchev–Trinajstić information content (AvgIpc) is 3.00. The molecule has 1 unspecified atom stereocenters. The lowest BCUT2D eigenvalue weighted by Gasteiger charge is -2.22. The molecule has 1 fully saturated rings. The van der Waals surface area contributed by atoms with Crippen LogP contribution in [0, 0.1) is 0 Å². The van der Waals surface area contributed by atoms with Crippen LogP contribution in [-0.4, -0.2) is 56.1 Å². The van der Waals surface area contributed by atoms with E-state index in [-0.39, 0.29) is 12.5 Å². The van der Waals surface area contributed by atoms with Gasteiger partial charge in [0.1, 0.15) is 6.04 Å². The summed E-state index contributed by atoms with van der Waals surface area (Å²) in [4.78, 5) is 29.8. The second kappa shape index (κ2) is 7.05. The summed E-state index contributed by atoms with van der Waals surface area (Å²) in [5.74, 6) is -0.718. The fourth-order valence-electron chi connectivity index (χ4n) is 2.47. The Morgan fingerprint density at radius 1 is 1.48 bits per heavy atom. The number of sulfonamides is 1. The molecule has 2 rings (SSSR count). The molecule has 0 aliphatic carbocycles. The minimum absolute atomic E-state index is 0.000381. The van der Waals surface area contributed by atoms with Crippen molar-refractivity contribution < 1.29 is 22.7 Å². The van der Waals surface area contributed by atoms with Crippen LogP contribution in [0.2, 0.25) is 0 Å². The number of hydrogen-bond acceptors (Lipinski definition) is 6. The van der Waals surface area contributed by atoms with Gasteiger partial charge in [-0.05, 0) is 25.0 Å². The van der Waals surface area contributed by atoms with E-state index in [0.717, 1.165) is 12.7 Å². The maximum atomic E-state index is 12.6. The van der Waals surface area contributed by atoms with Crippen LogP contribution in [0.5, 0.6) is 0 Å². The topological polar surface area (TPSA) is 106 Å². The summed E-state index contributed by atoms with van der Waals surface area (Å²) in [5.41, 5.74) is 0.788. The predicted octanol–water partition coefficient (Wildman–Crippen LogP) is -0.0916. The fourth-order valence-corrected chi connectivity index (χ4v) is 2.88. The Morgan fingerprint density at radius 3 is 2.87 bits per heavy atom. The quantitative estimate of drug-likeness (QED) is 0.750. The minimum atomic E-state index is -3.34. The summed E-state index contributed by atoms with van der Waals surface area (Å²) in [6.45, 7) is 0.484. The number of amides is 1. The zero-order valence-electron chi connectivity index (χ0n) is 13.0. The lowest BCUT2D eigenvalue weighted by Crippen LogP contribution is -2.41. The van der Waals surface area contributed by atoms with Crippen LogP contribution in [0.1, 0.15) is 28.9 Å². The summed E-state index contributed by atoms with van der Waals surface area (Å²) in [7, 11) is -2.04. The first kappa shape index (κ1) is 17.4. The van der Waals surface area contributed by atoms with Gasteiger partial charge in [0.05, 0.1) is 25.6 Å². The molecule has 0 bridgehead atoms. The Kier molecular flexibility index (Phi) is 5.32. The molecule has 1 aliphatic rings. The smallest absolute Gasteiger partial charge is 0.328 e. The molecule has 0 spiro atoms. The predicted molar refractivity (Wildman–Crippen MR) is 82.0 cm³/mol. The Labute approximate surface area is 134 Å². The van der Waals surface area contributed by atoms with Crippen molar-refractivity contribution in [3.05, 3.63) is 29.6 Å². The standard InChI is InChI=1S/C14H19N3O5S/c1-22-14(19)12-4-3-7-17(12)13(18)10-5-6-15-11(8-10)9-16-23(2,20)21/h5-6,8,12,16H,3-4,7,9H2,1-2H3. The molecule has 1 amide bonds. The number of hydrogen-bond donors (Lipinski definition) is 1. The maximum absolute atomic E-state index is 12.6. The molecule has 8 nitrogen and oxygen atoms in total. The number of carbonyl (C=O) groups is 2. The molecule has 1 saturated heterocycles. The van der Waals surface area contributed by atoms with Crippen molar-refractivity contribution >= 4 is 21.9 Å². The van der Waals surface area contributed by atoms with Gasteiger partial charge in [0.15, 0.2) is 0 Å². The number of nitrogens with zero attached hydrogens (tertiary/aromatic N) is 2. The van der Waals surface area contributed by atoms with Gasteiger partial charge in [0.2, 0.25) is 10.0 Å². The molecule has 1 aromatic rings. The Morgan fingerprint density at radius 2 is 2.22 bits per heavy atom. The average molecular weight is 341 g/mol. The Balaban J connectivity index is 2.14. The molecule has 1 aromatic heterocycles. The number of likely N-dealkylation sites (tertiary alicyclic amines) is 1. The van der Waals surface area contributed by atoms with Gasteiger partial charge in [0.25, 0.3) is 5.91 Å². The van der Waals surface area contributed by atoms with E-state index < -0.39 is 22.0 Å². The highest BCUT2D eigenvalue weighted by Crippen LogP contribution is 2.21. The normalized spacial score (nSPS) is 18.0. The summed E-state index contributed by atoms with van der Waals surface area (Å²) in [5, 5.41) is 0. The van der Waals surface area contributed by atoms with Crippen LogP contribution in [0.25, 0.3) is 0 Å². The number of rotatable bonds is 5. The van der Waals surface area contributed by atoms with E-state index in [1.54, 1.807) is 6.07 Å². The second-order valence-electron chi connectivity index (χ2n) is 5.31. The van der Waals surface area contributed by atoms with Gasteiger partial charge in [-0.25, -0.2) is 17.9 Å². The Bertz CT molecular complexity index is 704. The fraction of sp³-hybridized carbons (Fsp3) is 0.500. The largest absolute Gasteiger partial charge is 0.467 e. The molecule has 0 saturated carbocycles. The lowest BCUT2D eigenvalue weighted by atomic mass is 10.1. The highest BCUT2D eigenvalue weighted by atomic mass is 32.2. The number of methoxy groups -OCH3 is 1. The highest BCUT2D eigenvalue weighted by Gasteiger charge is 2.35. The summed E-state index contributed by atoms with van der Waals surface area (Å²) < 4.78 is 29.3. The number of carbonyl (C=O) groups excluding carboxylic acids is 2. The van der Waals surface area contributed by atoms with Gasteiger partial charge >= 0.3 is 5.97 Å². The van der Waals surface area contributed by atoms with E-state index in [1.165, 1.54) is 24.3 Å². The molecule has 1 atom stereocenters. The SMILES string of the molecule is COC(=O)C1CCCN1C(=O)c1ccnc(CNS(C)(=O)=O)c1. The third-order valence-electron chi connectivity index (χ3n) is 3.57. The number of nitrogens with one attached hydrogen (secondary N) is 1. The van der Waals surface area contributed by atoms with E-state index >= 15 is 0 Å². The van der Waals surface area contributed by atoms with Gasteiger partial charge in [-0.15, -0.1) is 0 Å². The van der Waals surface area contributed by atoms with Gasteiger partial charge in [-0.2, -0.15) is 0 Å². The summed E-state index contributed by atoms with van der Waals surface area (Å²) in [6.07, 6.45) is 3.80. The molecule has 0 aromatic carbocycles. The van der Waals surface area contributed by atoms with E-state index in [9.17, 15) is 18.0 Å². The van der Waals surface area contributed by atoms with Crippen LogP contribution in [0.15, 0.2) is 18.3 Å². The molecule has 1 N–H and O–H groups in total. The van der Waals surface area contributed by atoms with Crippen molar-refractivity contribution in [2.45, 2.75) is 25.4 Å². The monoisotopic (exact) mass is 341 g/mol. The molecule has 9 heteroatoms. The van der Waals surface area contributed by atoms with Crippen molar-refractivity contribution in [1.29, 1.82) is 0 Å². The van der Waals surface area contributed by atoms with E-state index in [0.29, 0.717) is 24.2 Å². The summed E-state index contributed by atoms with van der Waals surface area (Å²) >= 11 is 0. The third kappa shape index (κ3) is 4.49. The van der Waals surface area contributed by atoms with Crippen LogP contribution in [-0.2, 0) is 26.1 Å². The molecular formula is C14H19N3O5S. The molecule has 0 radical (unpaired) electrons. The van der Waals surface area contributed by atoms with Crippen molar-refractivity contribution in [2.24, 2.45) is 0 Å². The van der Waals surface area contributed by atoms with E-state index in [4.69, 9.17) is 4.74 Å². The van der Waals surface area contributed by atoms with Gasteiger partial charge in [-0.3, -0.25) is 9.78 Å². The zero-order valence-corrected chi connectivity index (χ0v) is 13.8. The first-order valence-electron chi connectivity index (χ1n) is 7.10. The number of esters is 1. The molecule has 2 heterocycles. The molecule has 23 heavy (non-hydrogen) atoms. The Hall–Kier alpha value is -2.00. The molecular weight excluding hydrogens is 322 g/mol. The minimum Gasteiger partial charge on any atom is -0.467 e. The van der Waals surface area contributed by atoms with Gasteiger partial charge in [0, 0.05) is 18.3 Å². The first-order valence-corrected chi connectivity index (χ1v) is 8.99. The van der Waals surface area contributed by atoms with Gasteiger partial charge < -0.3 is 9.64 Å². The first-order chi connectivity index (χ1) is 10.8. The molecule has 126 valence electrons. The summed E-state index contributed by atoms with van der Waals surface area (Å²) in [6, 6.07) is 2.49. The van der Waals surface area contributed by atoms with Crippen molar-refractivity contribution in [3.8, 4) is 0 Å². The lowest BCUT2D eigenvalue weighted by molar-refractivity contribution is -0.145. The van der Waals surface area contributed by atoms with Crippen molar-refractivity contribution in [2.75, 3.05) is 19.9 Å².